The minimum atomic E-state index is -4.02. The molecule has 1 aromatic heterocycles. The van der Waals surface area contributed by atoms with E-state index in [-0.39, 0.29) is 27.6 Å². The molecule has 1 heterocycles. The van der Waals surface area contributed by atoms with Gasteiger partial charge in [0, 0.05) is 0 Å². The van der Waals surface area contributed by atoms with Gasteiger partial charge >= 0.3 is 5.97 Å². The monoisotopic (exact) mass is 403 g/mol. The predicted molar refractivity (Wildman–Crippen MR) is 101 cm³/mol. The Balaban J connectivity index is 1.94. The van der Waals surface area contributed by atoms with Gasteiger partial charge in [0.1, 0.15) is 11.3 Å². The maximum absolute atomic E-state index is 12.6. The summed E-state index contributed by atoms with van der Waals surface area (Å²) in [6.07, 6.45) is -0.910. The van der Waals surface area contributed by atoms with Crippen LogP contribution in [0.25, 0.3) is 10.9 Å². The van der Waals surface area contributed by atoms with E-state index in [9.17, 15) is 18.0 Å². The zero-order valence-electron chi connectivity index (χ0n) is 15.0. The number of rotatable bonds is 5. The summed E-state index contributed by atoms with van der Waals surface area (Å²) < 4.78 is 33.5. The van der Waals surface area contributed by atoms with Crippen LogP contribution in [0, 0.1) is 0 Å². The number of primary sulfonamides is 1. The maximum Gasteiger partial charge on any atom is 0.342 e. The van der Waals surface area contributed by atoms with Crippen LogP contribution >= 0.6 is 0 Å². The van der Waals surface area contributed by atoms with Crippen molar-refractivity contribution in [3.8, 4) is 5.75 Å². The number of nitrogens with two attached hydrogens (primary N) is 1. The van der Waals surface area contributed by atoms with Gasteiger partial charge in [0.25, 0.3) is 5.56 Å². The van der Waals surface area contributed by atoms with E-state index in [0.29, 0.717) is 10.9 Å². The van der Waals surface area contributed by atoms with Gasteiger partial charge in [-0.3, -0.25) is 4.79 Å². The predicted octanol–water partition coefficient (Wildman–Crippen LogP) is 1.50. The molecule has 3 N–H and O–H groups in total. The molecule has 146 valence electrons. The summed E-state index contributed by atoms with van der Waals surface area (Å²) in [4.78, 5) is 31.4. The number of hydrogen-bond donors (Lipinski definition) is 2. The van der Waals surface area contributed by atoms with Crippen molar-refractivity contribution in [1.29, 1.82) is 0 Å². The maximum atomic E-state index is 12.6. The van der Waals surface area contributed by atoms with E-state index < -0.39 is 22.1 Å². The van der Waals surface area contributed by atoms with Crippen molar-refractivity contribution in [3.05, 3.63) is 64.2 Å². The molecular weight excluding hydrogens is 386 g/mol. The summed E-state index contributed by atoms with van der Waals surface area (Å²) in [5.41, 5.74) is -0.0285. The number of aromatic amines is 1. The smallest absolute Gasteiger partial charge is 0.342 e. The second-order valence-corrected chi connectivity index (χ2v) is 7.48. The number of H-pyrrole nitrogens is 1. The molecule has 9 nitrogen and oxygen atoms in total. The molecule has 0 spiro atoms. The SMILES string of the molecule is COc1ccc(S(N)(=O)=O)cc1C(=O)O[C@@H](C)c1nc2ccccc2c(=O)[nH]1. The molecular formula is C18H17N3O6S. The number of carbonyl (C=O) groups excluding carboxylic acids is 1. The summed E-state index contributed by atoms with van der Waals surface area (Å²) in [6, 6.07) is 10.3. The minimum absolute atomic E-state index is 0.115. The molecule has 10 heteroatoms. The third-order valence-corrected chi connectivity index (χ3v) is 4.93. The zero-order valence-corrected chi connectivity index (χ0v) is 15.8. The standard InChI is InChI=1S/C18H17N3O6S/c1-10(16-20-14-6-4-3-5-12(14)17(22)21-16)27-18(23)13-9-11(28(19,24)25)7-8-15(13)26-2/h3-10H,1-2H3,(H2,19,24,25)(H,20,21,22)/t10-/m0/s1. The topological polar surface area (TPSA) is 141 Å². The summed E-state index contributed by atoms with van der Waals surface area (Å²) in [5.74, 6) is -0.589. The second kappa shape index (κ2) is 7.41. The van der Waals surface area contributed by atoms with E-state index in [0.717, 1.165) is 6.07 Å². The number of nitrogens with zero attached hydrogens (tertiary/aromatic N) is 1. The number of benzene rings is 2. The average molecular weight is 403 g/mol. The molecule has 0 saturated heterocycles. The minimum Gasteiger partial charge on any atom is -0.496 e. The molecule has 0 aliphatic rings. The number of sulfonamides is 1. The fourth-order valence-electron chi connectivity index (χ4n) is 2.60. The summed E-state index contributed by atoms with van der Waals surface area (Å²) in [7, 11) is -2.69. The number of esters is 1. The van der Waals surface area contributed by atoms with Crippen LogP contribution in [0.15, 0.2) is 52.2 Å². The number of methoxy groups -OCH3 is 1. The second-order valence-electron chi connectivity index (χ2n) is 5.92. The van der Waals surface area contributed by atoms with Crippen molar-refractivity contribution in [3.63, 3.8) is 0 Å². The van der Waals surface area contributed by atoms with Gasteiger partial charge in [0.2, 0.25) is 10.0 Å². The lowest BCUT2D eigenvalue weighted by Crippen LogP contribution is -2.18. The van der Waals surface area contributed by atoms with Crippen molar-refractivity contribution in [2.75, 3.05) is 7.11 Å². The van der Waals surface area contributed by atoms with Gasteiger partial charge in [-0.05, 0) is 37.3 Å². The Labute approximate surface area is 160 Å². The molecule has 28 heavy (non-hydrogen) atoms. The zero-order chi connectivity index (χ0) is 20.5. The molecule has 0 radical (unpaired) electrons. The first kappa shape index (κ1) is 19.5. The third kappa shape index (κ3) is 3.87. The quantitative estimate of drug-likeness (QED) is 0.615. The van der Waals surface area contributed by atoms with Crippen LogP contribution in [0.4, 0.5) is 0 Å². The largest absolute Gasteiger partial charge is 0.496 e. The number of ether oxygens (including phenoxy) is 2. The molecule has 1 atom stereocenters. The molecule has 0 saturated carbocycles. The van der Waals surface area contributed by atoms with Crippen LogP contribution in [0.2, 0.25) is 0 Å². The fraction of sp³-hybridized carbons (Fsp3) is 0.167. The van der Waals surface area contributed by atoms with E-state index in [1.165, 1.54) is 26.2 Å². The van der Waals surface area contributed by atoms with E-state index in [1.807, 2.05) is 0 Å². The molecule has 0 amide bonds. The van der Waals surface area contributed by atoms with Gasteiger partial charge in [-0.2, -0.15) is 0 Å². The van der Waals surface area contributed by atoms with Gasteiger partial charge in [0.15, 0.2) is 11.9 Å². The van der Waals surface area contributed by atoms with Crippen LogP contribution in [0.1, 0.15) is 29.2 Å². The molecule has 0 aliphatic carbocycles. The van der Waals surface area contributed by atoms with Gasteiger partial charge < -0.3 is 14.5 Å². The van der Waals surface area contributed by atoms with Crippen molar-refractivity contribution in [1.82, 2.24) is 9.97 Å². The summed E-state index contributed by atoms with van der Waals surface area (Å²) in [5, 5.41) is 5.52. The average Bonchev–Trinajstić information content (AvgIpc) is 2.66. The van der Waals surface area contributed by atoms with Crippen LogP contribution in [-0.2, 0) is 14.8 Å². The number of fused-ring (bicyclic) bond motifs is 1. The van der Waals surface area contributed by atoms with E-state index in [4.69, 9.17) is 14.6 Å². The lowest BCUT2D eigenvalue weighted by atomic mass is 10.2. The van der Waals surface area contributed by atoms with Crippen molar-refractivity contribution in [2.45, 2.75) is 17.9 Å². The summed E-state index contributed by atoms with van der Waals surface area (Å²) >= 11 is 0. The Morgan fingerprint density at radius 1 is 1.21 bits per heavy atom. The lowest BCUT2D eigenvalue weighted by Gasteiger charge is -2.15. The Morgan fingerprint density at radius 3 is 2.61 bits per heavy atom. The Morgan fingerprint density at radius 2 is 1.93 bits per heavy atom. The molecule has 3 aromatic rings. The van der Waals surface area contributed by atoms with Gasteiger partial charge in [-0.1, -0.05) is 12.1 Å². The third-order valence-electron chi connectivity index (χ3n) is 4.02. The van der Waals surface area contributed by atoms with Crippen LogP contribution in [0.5, 0.6) is 5.75 Å². The normalized spacial score (nSPS) is 12.5. The Bertz CT molecular complexity index is 1220. The van der Waals surface area contributed by atoms with Gasteiger partial charge in [0.05, 0.1) is 22.9 Å². The number of carbonyl (C=O) groups is 1. The highest BCUT2D eigenvalue weighted by Crippen LogP contribution is 2.25. The molecule has 0 aliphatic heterocycles. The first-order valence-electron chi connectivity index (χ1n) is 8.11. The Kier molecular flexibility index (Phi) is 5.16. The highest BCUT2D eigenvalue weighted by Gasteiger charge is 2.22. The molecule has 0 fully saturated rings. The number of aromatic nitrogens is 2. The highest BCUT2D eigenvalue weighted by molar-refractivity contribution is 7.89. The van der Waals surface area contributed by atoms with Crippen molar-refractivity contribution >= 4 is 26.9 Å². The van der Waals surface area contributed by atoms with Crippen LogP contribution in [0.3, 0.4) is 0 Å². The van der Waals surface area contributed by atoms with E-state index in [2.05, 4.69) is 9.97 Å². The van der Waals surface area contributed by atoms with Crippen LogP contribution in [-0.4, -0.2) is 31.5 Å². The lowest BCUT2D eigenvalue weighted by molar-refractivity contribution is 0.0316. The molecule has 3 rings (SSSR count). The van der Waals surface area contributed by atoms with E-state index in [1.54, 1.807) is 24.3 Å². The molecule has 2 aromatic carbocycles. The number of hydrogen-bond acceptors (Lipinski definition) is 7. The Hall–Kier alpha value is -3.24. The molecule has 0 unspecified atom stereocenters. The summed E-state index contributed by atoms with van der Waals surface area (Å²) in [6.45, 7) is 1.53. The van der Waals surface area contributed by atoms with Crippen LogP contribution < -0.4 is 15.4 Å². The molecule has 0 bridgehead atoms. The van der Waals surface area contributed by atoms with Crippen molar-refractivity contribution in [2.24, 2.45) is 5.14 Å². The fourth-order valence-corrected chi connectivity index (χ4v) is 3.14. The first-order chi connectivity index (χ1) is 13.2. The number of nitrogens with one attached hydrogen (secondary N) is 1. The van der Waals surface area contributed by atoms with Gasteiger partial charge in [-0.15, -0.1) is 0 Å². The van der Waals surface area contributed by atoms with Gasteiger partial charge in [-0.25, -0.2) is 23.3 Å². The number of para-hydroxylation sites is 1. The first-order valence-corrected chi connectivity index (χ1v) is 9.66. The highest BCUT2D eigenvalue weighted by atomic mass is 32.2. The van der Waals surface area contributed by atoms with Crippen molar-refractivity contribution < 1.29 is 22.7 Å². The van der Waals surface area contributed by atoms with E-state index >= 15 is 0 Å².